The zero-order valence-electron chi connectivity index (χ0n) is 16.7. The highest BCUT2D eigenvalue weighted by Crippen LogP contribution is 2.17. The van der Waals surface area contributed by atoms with Gasteiger partial charge >= 0.3 is 0 Å². The van der Waals surface area contributed by atoms with Crippen LogP contribution in [0.2, 0.25) is 0 Å². The molecular formula is C21H24N6O2. The number of pyridine rings is 1. The molecule has 2 aromatic heterocycles. The van der Waals surface area contributed by atoms with Gasteiger partial charge in [0, 0.05) is 25.4 Å². The van der Waals surface area contributed by atoms with Gasteiger partial charge in [-0.05, 0) is 43.7 Å². The molecule has 0 saturated heterocycles. The number of anilines is 3. The molecule has 3 N–H and O–H groups in total. The maximum absolute atomic E-state index is 12.3. The Hall–Kier alpha value is -3.68. The predicted molar refractivity (Wildman–Crippen MR) is 113 cm³/mol. The van der Waals surface area contributed by atoms with Crippen LogP contribution in [0.3, 0.4) is 0 Å². The number of aromatic nitrogens is 3. The van der Waals surface area contributed by atoms with Gasteiger partial charge in [-0.3, -0.25) is 4.79 Å². The number of rotatable bonds is 8. The fourth-order valence-electron chi connectivity index (χ4n) is 2.75. The van der Waals surface area contributed by atoms with Crippen LogP contribution in [-0.2, 0) is 0 Å². The number of ether oxygens (including phenoxy) is 1. The second kappa shape index (κ2) is 9.50. The van der Waals surface area contributed by atoms with Gasteiger partial charge in [0.05, 0.1) is 12.7 Å². The number of hydrogen-bond donors (Lipinski definition) is 3. The van der Waals surface area contributed by atoms with Gasteiger partial charge in [0.25, 0.3) is 5.91 Å². The highest BCUT2D eigenvalue weighted by Gasteiger charge is 2.10. The van der Waals surface area contributed by atoms with E-state index in [0.29, 0.717) is 41.9 Å². The summed E-state index contributed by atoms with van der Waals surface area (Å²) in [4.78, 5) is 25.4. The Bertz CT molecular complexity index is 992. The molecule has 2 heterocycles. The van der Waals surface area contributed by atoms with E-state index >= 15 is 0 Å². The molecule has 3 rings (SSSR count). The summed E-state index contributed by atoms with van der Waals surface area (Å²) in [6, 6.07) is 12.8. The van der Waals surface area contributed by atoms with Crippen LogP contribution < -0.4 is 20.7 Å². The Morgan fingerprint density at radius 2 is 1.79 bits per heavy atom. The van der Waals surface area contributed by atoms with Crippen LogP contribution in [0.15, 0.2) is 48.7 Å². The minimum atomic E-state index is -0.184. The van der Waals surface area contributed by atoms with E-state index in [4.69, 9.17) is 4.74 Å². The summed E-state index contributed by atoms with van der Waals surface area (Å²) in [6.45, 7) is 4.77. The van der Waals surface area contributed by atoms with Gasteiger partial charge in [0.15, 0.2) is 0 Å². The number of nitrogens with one attached hydrogen (secondary N) is 3. The van der Waals surface area contributed by atoms with Crippen molar-refractivity contribution in [2.75, 3.05) is 30.8 Å². The molecule has 0 atom stereocenters. The third-order valence-electron chi connectivity index (χ3n) is 4.08. The lowest BCUT2D eigenvalue weighted by Gasteiger charge is -2.11. The Balaban J connectivity index is 1.55. The quantitative estimate of drug-likeness (QED) is 0.506. The first-order valence-corrected chi connectivity index (χ1v) is 9.25. The molecule has 150 valence electrons. The first-order valence-electron chi connectivity index (χ1n) is 9.25. The Labute approximate surface area is 169 Å². The number of hydrogen-bond acceptors (Lipinski definition) is 7. The zero-order chi connectivity index (χ0) is 20.6. The molecule has 29 heavy (non-hydrogen) atoms. The Kier molecular flexibility index (Phi) is 6.57. The van der Waals surface area contributed by atoms with Gasteiger partial charge in [-0.2, -0.15) is 0 Å². The molecule has 0 unspecified atom stereocenters. The topological polar surface area (TPSA) is 101 Å². The fraction of sp³-hybridized carbons (Fsp3) is 0.238. The van der Waals surface area contributed by atoms with Crippen LogP contribution in [0.1, 0.15) is 21.7 Å². The second-order valence-corrected chi connectivity index (χ2v) is 6.41. The lowest BCUT2D eigenvalue weighted by Crippen LogP contribution is -2.29. The van der Waals surface area contributed by atoms with Crippen molar-refractivity contribution >= 4 is 23.4 Å². The van der Waals surface area contributed by atoms with Crippen LogP contribution in [0, 0.1) is 13.8 Å². The standard InChI is InChI=1S/C21H24N6O2/c1-14-8-9-22-18(12-14)27-20-13-19(25-15(2)26-20)23-10-11-24-21(28)16-6-4-5-7-17(16)29-3/h4-9,12-13H,10-11H2,1-3H3,(H,24,28)(H2,22,23,25,26,27). The van der Waals surface area contributed by atoms with Gasteiger partial charge in [0.2, 0.25) is 0 Å². The van der Waals surface area contributed by atoms with E-state index in [1.807, 2.05) is 32.0 Å². The minimum Gasteiger partial charge on any atom is -0.496 e. The average Bonchev–Trinajstić information content (AvgIpc) is 2.70. The molecule has 0 radical (unpaired) electrons. The number of carbonyl (C=O) groups is 1. The molecule has 0 saturated carbocycles. The van der Waals surface area contributed by atoms with Crippen molar-refractivity contribution in [2.24, 2.45) is 0 Å². The van der Waals surface area contributed by atoms with Crippen molar-refractivity contribution in [2.45, 2.75) is 13.8 Å². The van der Waals surface area contributed by atoms with Gasteiger partial charge in [0.1, 0.15) is 29.0 Å². The fourth-order valence-corrected chi connectivity index (χ4v) is 2.75. The first kappa shape index (κ1) is 20.1. The SMILES string of the molecule is COc1ccccc1C(=O)NCCNc1cc(Nc2cc(C)ccn2)nc(C)n1. The number of aryl methyl sites for hydroxylation is 2. The molecular weight excluding hydrogens is 368 g/mol. The van der Waals surface area contributed by atoms with E-state index in [9.17, 15) is 4.79 Å². The third-order valence-corrected chi connectivity index (χ3v) is 4.08. The number of para-hydroxylation sites is 1. The summed E-state index contributed by atoms with van der Waals surface area (Å²) >= 11 is 0. The molecule has 8 heteroatoms. The third kappa shape index (κ3) is 5.65. The van der Waals surface area contributed by atoms with E-state index < -0.39 is 0 Å². The van der Waals surface area contributed by atoms with Crippen LogP contribution in [-0.4, -0.2) is 41.1 Å². The largest absolute Gasteiger partial charge is 0.496 e. The van der Waals surface area contributed by atoms with Gasteiger partial charge < -0.3 is 20.7 Å². The maximum Gasteiger partial charge on any atom is 0.255 e. The molecule has 8 nitrogen and oxygen atoms in total. The van der Waals surface area contributed by atoms with Gasteiger partial charge in [-0.15, -0.1) is 0 Å². The zero-order valence-corrected chi connectivity index (χ0v) is 16.7. The van der Waals surface area contributed by atoms with Crippen molar-refractivity contribution in [3.8, 4) is 5.75 Å². The summed E-state index contributed by atoms with van der Waals surface area (Å²) in [5.41, 5.74) is 1.61. The molecule has 0 aliphatic carbocycles. The van der Waals surface area contributed by atoms with E-state index in [1.54, 1.807) is 37.6 Å². The lowest BCUT2D eigenvalue weighted by molar-refractivity contribution is 0.0952. The summed E-state index contributed by atoms with van der Waals surface area (Å²) in [5, 5.41) is 9.25. The second-order valence-electron chi connectivity index (χ2n) is 6.41. The number of carbonyl (C=O) groups excluding carboxylic acids is 1. The number of methoxy groups -OCH3 is 1. The van der Waals surface area contributed by atoms with Crippen LogP contribution >= 0.6 is 0 Å². The molecule has 0 fully saturated rings. The number of nitrogens with zero attached hydrogens (tertiary/aromatic N) is 3. The van der Waals surface area contributed by atoms with Crippen molar-refractivity contribution in [1.29, 1.82) is 0 Å². The normalized spacial score (nSPS) is 10.3. The van der Waals surface area contributed by atoms with E-state index in [2.05, 4.69) is 30.9 Å². The highest BCUT2D eigenvalue weighted by atomic mass is 16.5. The molecule has 1 amide bonds. The summed E-state index contributed by atoms with van der Waals surface area (Å²) < 4.78 is 5.22. The molecule has 0 aliphatic rings. The van der Waals surface area contributed by atoms with Gasteiger partial charge in [-0.1, -0.05) is 12.1 Å². The molecule has 1 aromatic carbocycles. The minimum absolute atomic E-state index is 0.184. The van der Waals surface area contributed by atoms with Crippen molar-refractivity contribution < 1.29 is 9.53 Å². The number of amides is 1. The molecule has 0 bridgehead atoms. The molecule has 0 spiro atoms. The molecule has 3 aromatic rings. The van der Waals surface area contributed by atoms with E-state index in [1.165, 1.54) is 0 Å². The van der Waals surface area contributed by atoms with Crippen molar-refractivity contribution in [1.82, 2.24) is 20.3 Å². The van der Waals surface area contributed by atoms with Crippen molar-refractivity contribution in [3.63, 3.8) is 0 Å². The van der Waals surface area contributed by atoms with Crippen molar-refractivity contribution in [3.05, 3.63) is 65.6 Å². The van der Waals surface area contributed by atoms with Crippen LogP contribution in [0.5, 0.6) is 5.75 Å². The van der Waals surface area contributed by atoms with E-state index in [0.717, 1.165) is 11.4 Å². The van der Waals surface area contributed by atoms with E-state index in [-0.39, 0.29) is 5.91 Å². The highest BCUT2D eigenvalue weighted by molar-refractivity contribution is 5.96. The summed E-state index contributed by atoms with van der Waals surface area (Å²) in [7, 11) is 1.54. The summed E-state index contributed by atoms with van der Waals surface area (Å²) in [6.07, 6.45) is 1.75. The number of benzene rings is 1. The monoisotopic (exact) mass is 392 g/mol. The first-order chi connectivity index (χ1) is 14.0. The van der Waals surface area contributed by atoms with Crippen LogP contribution in [0.4, 0.5) is 17.5 Å². The predicted octanol–water partition coefficient (Wildman–Crippen LogP) is 3.08. The lowest BCUT2D eigenvalue weighted by atomic mass is 10.2. The maximum atomic E-state index is 12.3. The smallest absolute Gasteiger partial charge is 0.255 e. The van der Waals surface area contributed by atoms with Crippen LogP contribution in [0.25, 0.3) is 0 Å². The molecule has 0 aliphatic heterocycles. The average molecular weight is 392 g/mol. The Morgan fingerprint density at radius 1 is 1.00 bits per heavy atom. The Morgan fingerprint density at radius 3 is 2.59 bits per heavy atom. The summed E-state index contributed by atoms with van der Waals surface area (Å²) in [5.74, 6) is 3.03. The van der Waals surface area contributed by atoms with Gasteiger partial charge in [-0.25, -0.2) is 15.0 Å².